The van der Waals surface area contributed by atoms with Gasteiger partial charge in [0.05, 0.1) is 0 Å². The van der Waals surface area contributed by atoms with Crippen LogP contribution >= 0.6 is 15.9 Å². The highest BCUT2D eigenvalue weighted by Gasteiger charge is 2.11. The van der Waals surface area contributed by atoms with E-state index in [1.54, 1.807) is 24.4 Å². The zero-order valence-corrected chi connectivity index (χ0v) is 12.1. The number of pyridine rings is 1. The fourth-order valence-corrected chi connectivity index (χ4v) is 1.95. The maximum absolute atomic E-state index is 14.1. The molecule has 0 saturated heterocycles. The molecule has 1 aromatic heterocycles. The number of rotatable bonds is 5. The maximum atomic E-state index is 14.1. The monoisotopic (exact) mass is 324 g/mol. The molecule has 0 aliphatic carbocycles. The normalized spacial score (nSPS) is 10.5. The van der Waals surface area contributed by atoms with E-state index in [-0.39, 0.29) is 5.88 Å². The van der Waals surface area contributed by atoms with Gasteiger partial charge in [-0.05, 0) is 30.8 Å². The minimum atomic E-state index is -0.427. The van der Waals surface area contributed by atoms with Gasteiger partial charge in [-0.2, -0.15) is 0 Å². The Labute approximate surface area is 119 Å². The van der Waals surface area contributed by atoms with Crippen LogP contribution in [0.3, 0.4) is 0 Å². The molecule has 1 aromatic carbocycles. The van der Waals surface area contributed by atoms with E-state index in [9.17, 15) is 4.39 Å². The van der Waals surface area contributed by atoms with E-state index < -0.39 is 5.82 Å². The van der Waals surface area contributed by atoms with E-state index in [1.165, 1.54) is 0 Å². The van der Waals surface area contributed by atoms with Crippen molar-refractivity contribution in [2.75, 3.05) is 6.54 Å². The molecule has 2 rings (SSSR count). The minimum absolute atomic E-state index is 0.00602. The number of hydrogen-bond donors (Lipinski definition) is 1. The van der Waals surface area contributed by atoms with Gasteiger partial charge in [0.1, 0.15) is 5.75 Å². The number of hydrogen-bond acceptors (Lipinski definition) is 3. The summed E-state index contributed by atoms with van der Waals surface area (Å²) in [6, 6.07) is 8.85. The third kappa shape index (κ3) is 3.75. The summed E-state index contributed by atoms with van der Waals surface area (Å²) in [6.07, 6.45) is 1.54. The Bertz CT molecular complexity index is 563. The summed E-state index contributed by atoms with van der Waals surface area (Å²) in [6.45, 7) is 3.21. The molecule has 0 saturated carbocycles. The van der Waals surface area contributed by atoms with Gasteiger partial charge in [0.15, 0.2) is 5.82 Å². The molecule has 0 bridgehead atoms. The predicted octanol–water partition coefficient (Wildman–Crippen LogP) is 3.89. The van der Waals surface area contributed by atoms with E-state index in [1.807, 2.05) is 19.1 Å². The summed E-state index contributed by atoms with van der Waals surface area (Å²) in [7, 11) is 0. The highest BCUT2D eigenvalue weighted by Crippen LogP contribution is 2.26. The lowest BCUT2D eigenvalue weighted by molar-refractivity contribution is 0.417. The molecule has 19 heavy (non-hydrogen) atoms. The Morgan fingerprint density at radius 1 is 1.37 bits per heavy atom. The number of halogens is 2. The summed E-state index contributed by atoms with van der Waals surface area (Å²) in [4.78, 5) is 3.93. The van der Waals surface area contributed by atoms with Crippen molar-refractivity contribution in [3.63, 3.8) is 0 Å². The first-order valence-electron chi connectivity index (χ1n) is 5.98. The van der Waals surface area contributed by atoms with Crippen molar-refractivity contribution in [2.24, 2.45) is 0 Å². The largest absolute Gasteiger partial charge is 0.436 e. The molecule has 5 heteroatoms. The van der Waals surface area contributed by atoms with Crippen LogP contribution in [0.5, 0.6) is 11.6 Å². The second kappa shape index (κ2) is 6.63. The first-order valence-corrected chi connectivity index (χ1v) is 6.77. The maximum Gasteiger partial charge on any atom is 0.256 e. The molecule has 0 fully saturated rings. The van der Waals surface area contributed by atoms with Gasteiger partial charge in [-0.25, -0.2) is 9.37 Å². The average molecular weight is 325 g/mol. The molecular formula is C14H14BrFN2O. The number of aromatic nitrogens is 1. The van der Waals surface area contributed by atoms with Crippen molar-refractivity contribution in [2.45, 2.75) is 13.5 Å². The minimum Gasteiger partial charge on any atom is -0.436 e. The molecule has 0 aliphatic rings. The molecule has 2 aromatic rings. The fraction of sp³-hybridized carbons (Fsp3) is 0.214. The number of benzene rings is 1. The molecule has 100 valence electrons. The summed E-state index contributed by atoms with van der Waals surface area (Å²) in [5.74, 6) is 0.110. The Morgan fingerprint density at radius 3 is 2.95 bits per heavy atom. The molecule has 1 heterocycles. The van der Waals surface area contributed by atoms with Crippen molar-refractivity contribution >= 4 is 15.9 Å². The van der Waals surface area contributed by atoms with Crippen molar-refractivity contribution in [1.82, 2.24) is 10.3 Å². The van der Waals surface area contributed by atoms with Crippen LogP contribution in [0.2, 0.25) is 0 Å². The van der Waals surface area contributed by atoms with Crippen molar-refractivity contribution < 1.29 is 9.13 Å². The van der Waals surface area contributed by atoms with Crippen LogP contribution in [0.4, 0.5) is 4.39 Å². The van der Waals surface area contributed by atoms with Gasteiger partial charge in [0.25, 0.3) is 5.88 Å². The number of nitrogens with zero attached hydrogens (tertiary/aromatic N) is 1. The van der Waals surface area contributed by atoms with Gasteiger partial charge in [-0.3, -0.25) is 0 Å². The molecular weight excluding hydrogens is 311 g/mol. The third-order valence-electron chi connectivity index (χ3n) is 2.51. The summed E-state index contributed by atoms with van der Waals surface area (Å²) in [5, 5.41) is 3.07. The number of ether oxygens (including phenoxy) is 1. The van der Waals surface area contributed by atoms with Gasteiger partial charge in [0.2, 0.25) is 0 Å². The van der Waals surface area contributed by atoms with Gasteiger partial charge in [-0.1, -0.05) is 28.9 Å². The molecule has 0 spiro atoms. The fourth-order valence-electron chi connectivity index (χ4n) is 1.57. The van der Waals surface area contributed by atoms with Crippen LogP contribution in [0.25, 0.3) is 0 Å². The highest BCUT2D eigenvalue weighted by atomic mass is 79.9. The lowest BCUT2D eigenvalue weighted by Crippen LogP contribution is -2.13. The standard InChI is InChI=1S/C14H14BrFN2O/c1-2-17-9-10-6-7-18-14(13(10)16)19-12-5-3-4-11(15)8-12/h3-8,17H,2,9H2,1H3. The second-order valence-corrected chi connectivity index (χ2v) is 4.84. The zero-order valence-electron chi connectivity index (χ0n) is 10.5. The van der Waals surface area contributed by atoms with Crippen LogP contribution in [0.1, 0.15) is 12.5 Å². The summed E-state index contributed by atoms with van der Waals surface area (Å²) >= 11 is 3.34. The SMILES string of the molecule is CCNCc1ccnc(Oc2cccc(Br)c2)c1F. The van der Waals surface area contributed by atoms with Crippen molar-refractivity contribution in [3.05, 3.63) is 52.4 Å². The average Bonchev–Trinajstić information content (AvgIpc) is 2.40. The second-order valence-electron chi connectivity index (χ2n) is 3.93. The van der Waals surface area contributed by atoms with E-state index in [0.717, 1.165) is 11.0 Å². The Hall–Kier alpha value is -1.46. The lowest BCUT2D eigenvalue weighted by Gasteiger charge is -2.09. The third-order valence-corrected chi connectivity index (χ3v) is 3.01. The zero-order chi connectivity index (χ0) is 13.7. The molecule has 0 aliphatic heterocycles. The van der Waals surface area contributed by atoms with E-state index in [2.05, 4.69) is 26.2 Å². The summed E-state index contributed by atoms with van der Waals surface area (Å²) < 4.78 is 20.5. The summed E-state index contributed by atoms with van der Waals surface area (Å²) in [5.41, 5.74) is 0.543. The van der Waals surface area contributed by atoms with Gasteiger partial charge < -0.3 is 10.1 Å². The van der Waals surface area contributed by atoms with E-state index in [0.29, 0.717) is 17.9 Å². The van der Waals surface area contributed by atoms with Crippen LogP contribution in [-0.4, -0.2) is 11.5 Å². The van der Waals surface area contributed by atoms with Crippen molar-refractivity contribution in [3.8, 4) is 11.6 Å². The predicted molar refractivity (Wildman–Crippen MR) is 75.8 cm³/mol. The van der Waals surface area contributed by atoms with Crippen molar-refractivity contribution in [1.29, 1.82) is 0 Å². The molecule has 0 radical (unpaired) electrons. The number of nitrogens with one attached hydrogen (secondary N) is 1. The van der Waals surface area contributed by atoms with Gasteiger partial charge in [-0.15, -0.1) is 0 Å². The Balaban J connectivity index is 2.20. The molecule has 3 nitrogen and oxygen atoms in total. The van der Waals surface area contributed by atoms with E-state index in [4.69, 9.17) is 4.74 Å². The molecule has 1 N–H and O–H groups in total. The molecule has 0 amide bonds. The first-order chi connectivity index (χ1) is 9.20. The van der Waals surface area contributed by atoms with Gasteiger partial charge >= 0.3 is 0 Å². The topological polar surface area (TPSA) is 34.2 Å². The molecule has 0 unspecified atom stereocenters. The van der Waals surface area contributed by atoms with Crippen LogP contribution < -0.4 is 10.1 Å². The first kappa shape index (κ1) is 14.0. The Kier molecular flexibility index (Phi) is 4.87. The highest BCUT2D eigenvalue weighted by molar-refractivity contribution is 9.10. The molecule has 0 atom stereocenters. The van der Waals surface area contributed by atoms with E-state index >= 15 is 0 Å². The van der Waals surface area contributed by atoms with Gasteiger partial charge in [0, 0.05) is 22.8 Å². The van der Waals surface area contributed by atoms with Crippen LogP contribution in [0.15, 0.2) is 41.0 Å². The van der Waals surface area contributed by atoms with Crippen LogP contribution in [-0.2, 0) is 6.54 Å². The Morgan fingerprint density at radius 2 is 2.21 bits per heavy atom. The lowest BCUT2D eigenvalue weighted by atomic mass is 10.2. The quantitative estimate of drug-likeness (QED) is 0.906. The smallest absolute Gasteiger partial charge is 0.256 e. The van der Waals surface area contributed by atoms with Crippen LogP contribution in [0, 0.1) is 5.82 Å².